The third-order valence-corrected chi connectivity index (χ3v) is 6.48. The van der Waals surface area contributed by atoms with Gasteiger partial charge in [-0.1, -0.05) is 0 Å². The molecule has 111 valence electrons. The van der Waals surface area contributed by atoms with Crippen LogP contribution in [0.2, 0.25) is 5.32 Å². The molecule has 0 heterocycles. The maximum atomic E-state index is 12.6. The number of rotatable bonds is 6. The van der Waals surface area contributed by atoms with Crippen LogP contribution in [0.1, 0.15) is 12.5 Å². The van der Waals surface area contributed by atoms with Gasteiger partial charge in [0, 0.05) is 0 Å². The van der Waals surface area contributed by atoms with Crippen LogP contribution in [-0.2, 0) is 3.83 Å². The van der Waals surface area contributed by atoms with E-state index in [4.69, 9.17) is 0 Å². The fraction of sp³-hybridized carbons (Fsp3) is 0.278. The molecule has 0 aliphatic heterocycles. The Morgan fingerprint density at radius 3 is 2.57 bits per heavy atom. The van der Waals surface area contributed by atoms with Crippen molar-refractivity contribution < 1.29 is 3.83 Å². The minimum atomic E-state index is -2.01. The van der Waals surface area contributed by atoms with Crippen molar-refractivity contribution in [1.82, 2.24) is 4.90 Å². The Labute approximate surface area is 133 Å². The molecule has 1 saturated carbocycles. The van der Waals surface area contributed by atoms with E-state index < -0.39 is 13.8 Å². The minimum absolute atomic E-state index is 0.299. The second kappa shape index (κ2) is 8.03. The third kappa shape index (κ3) is 4.60. The Balaban J connectivity index is 1.92. The average Bonchev–Trinajstić information content (AvgIpc) is 2.96. The molecule has 0 aromatic heterocycles. The zero-order chi connectivity index (χ0) is 15.2. The molecule has 2 atom stereocenters. The summed E-state index contributed by atoms with van der Waals surface area (Å²) >= 11 is -2.01. The molecule has 1 aliphatic carbocycles. The average molecular weight is 347 g/mol. The van der Waals surface area contributed by atoms with Gasteiger partial charge in [0.25, 0.3) is 0 Å². The Kier molecular flexibility index (Phi) is 6.35. The first kappa shape index (κ1) is 16.6. The number of hydrogen-bond acceptors (Lipinski definition) is 2. The van der Waals surface area contributed by atoms with E-state index in [1.807, 2.05) is 43.2 Å². The van der Waals surface area contributed by atoms with Crippen LogP contribution < -0.4 is 0 Å². The van der Waals surface area contributed by atoms with E-state index in [0.717, 1.165) is 10.4 Å². The van der Waals surface area contributed by atoms with Gasteiger partial charge >= 0.3 is 133 Å². The normalized spacial score (nSPS) is 20.4. The van der Waals surface area contributed by atoms with Gasteiger partial charge in [-0.25, -0.2) is 0 Å². The maximum absolute atomic E-state index is 12.6. The summed E-state index contributed by atoms with van der Waals surface area (Å²) < 4.78 is 12.6. The Bertz CT molecular complexity index is 483. The van der Waals surface area contributed by atoms with Gasteiger partial charge in [0.15, 0.2) is 0 Å². The van der Waals surface area contributed by atoms with Crippen LogP contribution >= 0.6 is 0 Å². The van der Waals surface area contributed by atoms with Crippen molar-refractivity contribution in [3.63, 3.8) is 0 Å². The van der Waals surface area contributed by atoms with E-state index in [2.05, 4.69) is 44.5 Å². The molecular formula is C18H22NOSe. The Morgan fingerprint density at radius 2 is 1.90 bits per heavy atom. The molecule has 2 rings (SSSR count). The van der Waals surface area contributed by atoms with Gasteiger partial charge in [0.1, 0.15) is 0 Å². The van der Waals surface area contributed by atoms with Crippen LogP contribution in [0.3, 0.4) is 0 Å². The standard InChI is InChI=1S/C18H22NOSe/c1-15(19(2)3)17-12-7-13-18(17)21(20)14-8-11-16-9-5-4-6-10-16/h4-13,15H,14H2,1-3H3/b11-8+/t15-,21?/m1/s1. The number of allylic oxidation sites excluding steroid dienone is 1. The van der Waals surface area contributed by atoms with Crippen molar-refractivity contribution >= 4 is 19.9 Å². The zero-order valence-corrected chi connectivity index (χ0v) is 14.5. The number of benzene rings is 1. The molecule has 1 unspecified atom stereocenters. The fourth-order valence-corrected chi connectivity index (χ4v) is 4.65. The van der Waals surface area contributed by atoms with Crippen molar-refractivity contribution in [2.24, 2.45) is 0 Å². The van der Waals surface area contributed by atoms with Crippen molar-refractivity contribution in [3.8, 4) is 0 Å². The van der Waals surface area contributed by atoms with Crippen molar-refractivity contribution in [3.05, 3.63) is 72.0 Å². The Morgan fingerprint density at radius 1 is 1.19 bits per heavy atom. The summed E-state index contributed by atoms with van der Waals surface area (Å²) in [7, 11) is 4.10. The first-order chi connectivity index (χ1) is 10.1. The molecular weight excluding hydrogens is 325 g/mol. The monoisotopic (exact) mass is 348 g/mol. The molecule has 0 N–H and O–H groups in total. The van der Waals surface area contributed by atoms with E-state index in [9.17, 15) is 3.83 Å². The quantitative estimate of drug-likeness (QED) is 0.736. The number of nitrogens with zero attached hydrogens (tertiary/aromatic N) is 1. The van der Waals surface area contributed by atoms with Crippen LogP contribution in [0.25, 0.3) is 6.08 Å². The van der Waals surface area contributed by atoms with Gasteiger partial charge in [-0.2, -0.15) is 0 Å². The molecule has 5 radical (unpaired) electrons. The molecule has 1 aliphatic rings. The van der Waals surface area contributed by atoms with Gasteiger partial charge in [0.05, 0.1) is 0 Å². The summed E-state index contributed by atoms with van der Waals surface area (Å²) in [5, 5.41) is 0.645. The predicted molar refractivity (Wildman–Crippen MR) is 89.3 cm³/mol. The summed E-state index contributed by atoms with van der Waals surface area (Å²) in [5.74, 6) is 1.20. The van der Waals surface area contributed by atoms with Crippen LogP contribution in [0.15, 0.2) is 36.4 Å². The summed E-state index contributed by atoms with van der Waals surface area (Å²) in [4.78, 5) is 3.20. The molecule has 0 spiro atoms. The molecule has 1 aromatic rings. The van der Waals surface area contributed by atoms with Gasteiger partial charge in [-0.3, -0.25) is 0 Å². The van der Waals surface area contributed by atoms with Crippen molar-refractivity contribution in [2.45, 2.75) is 18.3 Å². The molecule has 21 heavy (non-hydrogen) atoms. The number of hydrogen-bond donors (Lipinski definition) is 0. The topological polar surface area (TPSA) is 20.3 Å². The first-order valence-corrected chi connectivity index (χ1v) is 9.88. The molecule has 2 nitrogen and oxygen atoms in total. The van der Waals surface area contributed by atoms with E-state index in [0.29, 0.717) is 11.4 Å². The van der Waals surface area contributed by atoms with E-state index in [1.165, 1.54) is 5.92 Å². The zero-order valence-electron chi connectivity index (χ0n) is 12.8. The van der Waals surface area contributed by atoms with Crippen molar-refractivity contribution in [1.29, 1.82) is 0 Å². The fourth-order valence-electron chi connectivity index (χ4n) is 2.17. The van der Waals surface area contributed by atoms with E-state index in [-0.39, 0.29) is 0 Å². The second-order valence-electron chi connectivity index (χ2n) is 5.31. The Hall–Kier alpha value is -0.761. The predicted octanol–water partition coefficient (Wildman–Crippen LogP) is 3.39. The third-order valence-electron chi connectivity index (χ3n) is 3.64. The summed E-state index contributed by atoms with van der Waals surface area (Å²) in [5.41, 5.74) is 1.15. The van der Waals surface area contributed by atoms with Gasteiger partial charge < -0.3 is 0 Å². The molecule has 0 bridgehead atoms. The van der Waals surface area contributed by atoms with Crippen LogP contribution in [-0.4, -0.2) is 38.9 Å². The van der Waals surface area contributed by atoms with Gasteiger partial charge in [-0.05, 0) is 0 Å². The van der Waals surface area contributed by atoms with Crippen LogP contribution in [0.4, 0.5) is 0 Å². The van der Waals surface area contributed by atoms with Crippen molar-refractivity contribution in [2.75, 3.05) is 14.1 Å². The van der Waals surface area contributed by atoms with Crippen LogP contribution in [0.5, 0.6) is 0 Å². The van der Waals surface area contributed by atoms with Gasteiger partial charge in [0.2, 0.25) is 0 Å². The van der Waals surface area contributed by atoms with Crippen LogP contribution in [0, 0.1) is 30.0 Å². The summed E-state index contributed by atoms with van der Waals surface area (Å²) in [6.45, 7) is 2.15. The van der Waals surface area contributed by atoms with E-state index >= 15 is 0 Å². The summed E-state index contributed by atoms with van der Waals surface area (Å²) in [6, 6.07) is 10.4. The molecule has 0 saturated heterocycles. The van der Waals surface area contributed by atoms with E-state index in [1.54, 1.807) is 0 Å². The molecule has 0 amide bonds. The summed E-state index contributed by atoms with van der Waals surface area (Å²) in [6.07, 6.45) is 10.2. The van der Waals surface area contributed by atoms with Gasteiger partial charge in [-0.15, -0.1) is 0 Å². The second-order valence-corrected chi connectivity index (χ2v) is 8.38. The first-order valence-electron chi connectivity index (χ1n) is 7.11. The molecule has 1 fully saturated rings. The SMILES string of the molecule is C[C@H]([C]1[CH][CH][CH][C]1[Se](=O)C/C=C/c1ccccc1)N(C)C. The molecule has 1 aromatic carbocycles. The molecule has 3 heteroatoms.